The van der Waals surface area contributed by atoms with E-state index in [1.807, 2.05) is 0 Å². The van der Waals surface area contributed by atoms with E-state index in [0.717, 1.165) is 6.07 Å². The van der Waals surface area contributed by atoms with Gasteiger partial charge in [0.2, 0.25) is 0 Å². The number of hydrogen-bond donors (Lipinski definition) is 2. The summed E-state index contributed by atoms with van der Waals surface area (Å²) in [6.45, 7) is 0.0216. The van der Waals surface area contributed by atoms with Crippen LogP contribution in [0.15, 0.2) is 42.6 Å². The highest BCUT2D eigenvalue weighted by molar-refractivity contribution is 14.1. The van der Waals surface area contributed by atoms with Gasteiger partial charge in [0.05, 0.1) is 6.61 Å². The maximum atomic E-state index is 14.5. The van der Waals surface area contributed by atoms with Crippen LogP contribution in [0.2, 0.25) is 0 Å². The maximum absolute atomic E-state index is 14.5. The number of carbonyl (C=O) groups is 1. The summed E-state index contributed by atoms with van der Waals surface area (Å²) in [5.41, 5.74) is 3.39. The van der Waals surface area contributed by atoms with E-state index in [-0.39, 0.29) is 27.3 Å². The zero-order chi connectivity index (χ0) is 22.8. The Morgan fingerprint density at radius 3 is 2.68 bits per heavy atom. The number of hydrogen-bond acceptors (Lipinski definition) is 4. The van der Waals surface area contributed by atoms with Crippen LogP contribution in [0.4, 0.5) is 27.8 Å². The number of carbonyl (C=O) groups excluding carboxylic acids is 1. The highest BCUT2D eigenvalue weighted by Crippen LogP contribution is 2.29. The van der Waals surface area contributed by atoms with Gasteiger partial charge in [-0.15, -0.1) is 0 Å². The topological polar surface area (TPSA) is 67.7 Å². The van der Waals surface area contributed by atoms with Crippen LogP contribution in [-0.2, 0) is 9.63 Å². The van der Waals surface area contributed by atoms with Crippen LogP contribution in [0.25, 0.3) is 11.2 Å². The molecule has 164 valence electrons. The summed E-state index contributed by atoms with van der Waals surface area (Å²) < 4.78 is 67.5. The van der Waals surface area contributed by atoms with Crippen molar-refractivity contribution in [3.05, 3.63) is 69.1 Å². The minimum atomic E-state index is -5.07. The Kier molecular flexibility index (Phi) is 6.91. The van der Waals surface area contributed by atoms with Gasteiger partial charge in [0, 0.05) is 18.8 Å². The summed E-state index contributed by atoms with van der Waals surface area (Å²) in [6.07, 6.45) is -2.06. The second kappa shape index (κ2) is 9.28. The predicted molar refractivity (Wildman–Crippen MR) is 111 cm³/mol. The summed E-state index contributed by atoms with van der Waals surface area (Å²) in [7, 11) is 1.53. The fraction of sp³-hybridized carbons (Fsp3) is 0.158. The molecule has 1 aromatic carbocycles. The van der Waals surface area contributed by atoms with Crippen molar-refractivity contribution in [3.8, 4) is 0 Å². The quantitative estimate of drug-likeness (QED) is 0.207. The van der Waals surface area contributed by atoms with Crippen molar-refractivity contribution in [2.75, 3.05) is 19.0 Å². The molecule has 0 radical (unpaired) electrons. The number of rotatable bonds is 6. The van der Waals surface area contributed by atoms with Crippen LogP contribution in [0.3, 0.4) is 0 Å². The minimum Gasteiger partial charge on any atom is -0.301 e. The largest absolute Gasteiger partial charge is 0.471 e. The third-order valence-corrected chi connectivity index (χ3v) is 5.15. The lowest BCUT2D eigenvalue weighted by atomic mass is 9.98. The van der Waals surface area contributed by atoms with Crippen molar-refractivity contribution in [3.63, 3.8) is 0 Å². The number of halogens is 6. The van der Waals surface area contributed by atoms with Gasteiger partial charge in [0.25, 0.3) is 0 Å². The number of benzene rings is 1. The third-order valence-electron chi connectivity index (χ3n) is 4.12. The average molecular weight is 552 g/mol. The number of aromatic nitrogens is 2. The zero-order valence-electron chi connectivity index (χ0n) is 15.7. The SMILES string of the molecule is CNOC/C=C(/c1ccc2nc(NC(=O)C(F)(F)F)c(I)n2c1)c1cccc(F)c1F. The number of nitrogens with one attached hydrogen (secondary N) is 2. The molecule has 0 unspecified atom stereocenters. The fourth-order valence-electron chi connectivity index (χ4n) is 2.74. The third kappa shape index (κ3) is 5.02. The van der Waals surface area contributed by atoms with Crippen LogP contribution in [-0.4, -0.2) is 35.1 Å². The van der Waals surface area contributed by atoms with Gasteiger partial charge < -0.3 is 5.32 Å². The second-order valence-electron chi connectivity index (χ2n) is 6.08. The van der Waals surface area contributed by atoms with Gasteiger partial charge in [0.1, 0.15) is 9.35 Å². The Hall–Kier alpha value is -2.58. The second-order valence-corrected chi connectivity index (χ2v) is 7.11. The number of fused-ring (bicyclic) bond motifs is 1. The molecule has 1 amide bonds. The molecule has 2 heterocycles. The normalized spacial score (nSPS) is 12.4. The molecule has 0 spiro atoms. The van der Waals surface area contributed by atoms with Crippen LogP contribution in [0.1, 0.15) is 11.1 Å². The van der Waals surface area contributed by atoms with Gasteiger partial charge in [-0.1, -0.05) is 12.1 Å². The number of alkyl halides is 3. The number of nitrogens with zero attached hydrogens (tertiary/aromatic N) is 2. The van der Waals surface area contributed by atoms with E-state index in [4.69, 9.17) is 4.84 Å². The van der Waals surface area contributed by atoms with E-state index in [2.05, 4.69) is 10.5 Å². The Labute approximate surface area is 186 Å². The molecule has 0 saturated carbocycles. The number of pyridine rings is 1. The van der Waals surface area contributed by atoms with E-state index in [0.29, 0.717) is 11.1 Å². The molecule has 0 aliphatic carbocycles. The number of imidazole rings is 1. The van der Waals surface area contributed by atoms with Gasteiger partial charge in [-0.2, -0.15) is 13.2 Å². The first-order valence-electron chi connectivity index (χ1n) is 8.62. The van der Waals surface area contributed by atoms with E-state index in [1.165, 1.54) is 41.9 Å². The molecule has 12 heteroatoms. The van der Waals surface area contributed by atoms with E-state index in [1.54, 1.807) is 34.0 Å². The van der Waals surface area contributed by atoms with Crippen LogP contribution < -0.4 is 10.8 Å². The van der Waals surface area contributed by atoms with E-state index in [9.17, 15) is 26.7 Å². The lowest BCUT2D eigenvalue weighted by Gasteiger charge is -2.11. The van der Waals surface area contributed by atoms with Gasteiger partial charge in [0.15, 0.2) is 17.5 Å². The van der Waals surface area contributed by atoms with Crippen molar-refractivity contribution >= 4 is 45.5 Å². The van der Waals surface area contributed by atoms with Gasteiger partial charge in [-0.25, -0.2) is 19.2 Å². The molecule has 0 atom stereocenters. The smallest absolute Gasteiger partial charge is 0.301 e. The van der Waals surface area contributed by atoms with Crippen molar-refractivity contribution < 1.29 is 31.6 Å². The Bertz CT molecular complexity index is 1160. The molecule has 0 aliphatic rings. The molecule has 31 heavy (non-hydrogen) atoms. The number of amides is 1. The van der Waals surface area contributed by atoms with Crippen LogP contribution in [0, 0.1) is 15.3 Å². The van der Waals surface area contributed by atoms with Crippen molar-refractivity contribution in [2.45, 2.75) is 6.18 Å². The molecular formula is C19H14F5IN4O2. The Balaban J connectivity index is 2.08. The lowest BCUT2D eigenvalue weighted by molar-refractivity contribution is -0.167. The Morgan fingerprint density at radius 2 is 2.00 bits per heavy atom. The molecule has 0 aliphatic heterocycles. The highest BCUT2D eigenvalue weighted by atomic mass is 127. The first-order chi connectivity index (χ1) is 14.6. The van der Waals surface area contributed by atoms with E-state index >= 15 is 0 Å². The van der Waals surface area contributed by atoms with Crippen molar-refractivity contribution in [1.82, 2.24) is 14.9 Å². The molecular weight excluding hydrogens is 538 g/mol. The summed E-state index contributed by atoms with van der Waals surface area (Å²) >= 11 is 1.73. The molecule has 0 bridgehead atoms. The number of hydroxylamine groups is 1. The molecule has 3 aromatic rings. The maximum Gasteiger partial charge on any atom is 0.471 e. The summed E-state index contributed by atoms with van der Waals surface area (Å²) in [4.78, 5) is 20.3. The molecule has 6 nitrogen and oxygen atoms in total. The molecule has 0 fully saturated rings. The summed E-state index contributed by atoms with van der Waals surface area (Å²) in [5.74, 6) is -4.52. The molecule has 3 rings (SSSR count). The standard InChI is InChI=1S/C19H14F5IN4O2/c1-26-31-8-7-11(12-3-2-4-13(20)15(12)21)10-5-6-14-27-17(16(25)29(14)9-10)28-18(30)19(22,23)24/h2-7,9,26H,8H2,1H3,(H,28,30)/b11-7-. The van der Waals surface area contributed by atoms with Crippen LogP contribution >= 0.6 is 22.6 Å². The monoisotopic (exact) mass is 552 g/mol. The molecule has 0 saturated heterocycles. The van der Waals surface area contributed by atoms with Crippen LogP contribution in [0.5, 0.6) is 0 Å². The van der Waals surface area contributed by atoms with Gasteiger partial charge in [-0.3, -0.25) is 14.0 Å². The van der Waals surface area contributed by atoms with E-state index < -0.39 is 23.7 Å². The minimum absolute atomic E-state index is 0.0216. The average Bonchev–Trinajstić information content (AvgIpc) is 3.02. The predicted octanol–water partition coefficient (Wildman–Crippen LogP) is 4.30. The first-order valence-corrected chi connectivity index (χ1v) is 9.70. The summed E-state index contributed by atoms with van der Waals surface area (Å²) in [5, 5.41) is 1.72. The number of anilines is 1. The van der Waals surface area contributed by atoms with Gasteiger partial charge in [-0.05, 0) is 58.0 Å². The molecule has 2 aromatic heterocycles. The first kappa shape index (κ1) is 23.1. The van der Waals surface area contributed by atoms with Gasteiger partial charge >= 0.3 is 12.1 Å². The Morgan fingerprint density at radius 1 is 1.26 bits per heavy atom. The summed E-state index contributed by atoms with van der Waals surface area (Å²) in [6, 6.07) is 6.75. The highest BCUT2D eigenvalue weighted by Gasteiger charge is 2.39. The van der Waals surface area contributed by atoms with Crippen molar-refractivity contribution in [1.29, 1.82) is 0 Å². The fourth-order valence-corrected chi connectivity index (χ4v) is 3.38. The molecule has 2 N–H and O–H groups in total. The van der Waals surface area contributed by atoms with Crippen molar-refractivity contribution in [2.24, 2.45) is 0 Å². The lowest BCUT2D eigenvalue weighted by Crippen LogP contribution is -2.30. The zero-order valence-corrected chi connectivity index (χ0v) is 17.9.